The van der Waals surface area contributed by atoms with E-state index in [0.29, 0.717) is 17.8 Å². The maximum atomic E-state index is 6.28. The lowest BCUT2D eigenvalue weighted by Crippen LogP contribution is -2.15. The summed E-state index contributed by atoms with van der Waals surface area (Å²) in [5, 5.41) is 0.734. The van der Waals surface area contributed by atoms with Crippen LogP contribution < -0.4 is 0 Å². The monoisotopic (exact) mass is 296 g/mol. The van der Waals surface area contributed by atoms with Crippen LogP contribution in [0.15, 0.2) is 18.2 Å². The SMILES string of the molecule is CC1CCCC1n1c(CCCl)nc2c(Cl)cccc21. The van der Waals surface area contributed by atoms with Crippen molar-refractivity contribution in [1.82, 2.24) is 9.55 Å². The summed E-state index contributed by atoms with van der Waals surface area (Å²) in [4.78, 5) is 4.73. The molecule has 2 nitrogen and oxygen atoms in total. The third-order valence-corrected chi connectivity index (χ3v) is 4.70. The highest BCUT2D eigenvalue weighted by Gasteiger charge is 2.28. The predicted octanol–water partition coefficient (Wildman–Crippen LogP) is 4.83. The zero-order valence-electron chi connectivity index (χ0n) is 11.1. The van der Waals surface area contributed by atoms with E-state index in [1.807, 2.05) is 12.1 Å². The molecule has 0 aliphatic heterocycles. The second-order valence-corrected chi connectivity index (χ2v) is 6.21. The van der Waals surface area contributed by atoms with Gasteiger partial charge in [-0.15, -0.1) is 11.6 Å². The van der Waals surface area contributed by atoms with Crippen molar-refractivity contribution >= 4 is 34.2 Å². The van der Waals surface area contributed by atoms with Crippen LogP contribution in [-0.4, -0.2) is 15.4 Å². The molecule has 1 aromatic heterocycles. The standard InChI is InChI=1S/C15H18Cl2N2/c1-10-4-2-6-12(10)19-13-7-3-5-11(17)15(13)18-14(19)8-9-16/h3,5,7,10,12H,2,4,6,8-9H2,1H3. The van der Waals surface area contributed by atoms with Crippen molar-refractivity contribution in [2.45, 2.75) is 38.6 Å². The molecule has 0 amide bonds. The Morgan fingerprint density at radius 2 is 2.21 bits per heavy atom. The number of alkyl halides is 1. The fraction of sp³-hybridized carbons (Fsp3) is 0.533. The summed E-state index contributed by atoms with van der Waals surface area (Å²) in [6.07, 6.45) is 4.63. The summed E-state index contributed by atoms with van der Waals surface area (Å²) >= 11 is 12.2. The first-order valence-electron chi connectivity index (χ1n) is 6.93. The molecule has 0 spiro atoms. The molecule has 2 aromatic rings. The van der Waals surface area contributed by atoms with Gasteiger partial charge in [-0.05, 0) is 30.9 Å². The van der Waals surface area contributed by atoms with E-state index in [-0.39, 0.29) is 0 Å². The molecule has 0 N–H and O–H groups in total. The Labute approximate surface area is 123 Å². The van der Waals surface area contributed by atoms with E-state index in [1.165, 1.54) is 19.3 Å². The number of fused-ring (bicyclic) bond motifs is 1. The van der Waals surface area contributed by atoms with Gasteiger partial charge in [0.2, 0.25) is 0 Å². The number of nitrogens with zero attached hydrogens (tertiary/aromatic N) is 2. The third kappa shape index (κ3) is 2.25. The summed E-state index contributed by atoms with van der Waals surface area (Å²) in [6.45, 7) is 2.33. The van der Waals surface area contributed by atoms with Gasteiger partial charge in [-0.2, -0.15) is 0 Å². The second-order valence-electron chi connectivity index (χ2n) is 5.42. The van der Waals surface area contributed by atoms with Gasteiger partial charge in [0.25, 0.3) is 0 Å². The van der Waals surface area contributed by atoms with E-state index in [2.05, 4.69) is 17.6 Å². The second kappa shape index (κ2) is 5.34. The zero-order chi connectivity index (χ0) is 13.4. The van der Waals surface area contributed by atoms with Crippen molar-refractivity contribution in [3.8, 4) is 0 Å². The molecule has 3 rings (SSSR count). The number of para-hydroxylation sites is 1. The summed E-state index contributed by atoms with van der Waals surface area (Å²) < 4.78 is 2.39. The van der Waals surface area contributed by atoms with Crippen LogP contribution in [0.25, 0.3) is 11.0 Å². The minimum absolute atomic E-state index is 0.543. The lowest BCUT2D eigenvalue weighted by atomic mass is 10.1. The van der Waals surface area contributed by atoms with Gasteiger partial charge in [0, 0.05) is 18.3 Å². The van der Waals surface area contributed by atoms with Crippen LogP contribution in [0.1, 0.15) is 38.1 Å². The molecule has 1 aromatic carbocycles. The summed E-state index contributed by atoms with van der Waals surface area (Å²) in [7, 11) is 0. The normalized spacial score (nSPS) is 23.3. The highest BCUT2D eigenvalue weighted by molar-refractivity contribution is 6.34. The fourth-order valence-corrected chi connectivity index (χ4v) is 3.65. The molecule has 1 aliphatic rings. The third-order valence-electron chi connectivity index (χ3n) is 4.21. The van der Waals surface area contributed by atoms with Gasteiger partial charge < -0.3 is 4.57 Å². The zero-order valence-corrected chi connectivity index (χ0v) is 12.6. The number of halogens is 2. The first-order chi connectivity index (χ1) is 9.22. The van der Waals surface area contributed by atoms with Crippen LogP contribution in [-0.2, 0) is 6.42 Å². The van der Waals surface area contributed by atoms with E-state index in [4.69, 9.17) is 28.2 Å². The number of aryl methyl sites for hydroxylation is 1. The van der Waals surface area contributed by atoms with Crippen molar-refractivity contribution in [2.75, 3.05) is 5.88 Å². The molecule has 1 heterocycles. The average Bonchev–Trinajstić information content (AvgIpc) is 2.94. The number of imidazole rings is 1. The van der Waals surface area contributed by atoms with Gasteiger partial charge in [-0.3, -0.25) is 0 Å². The van der Waals surface area contributed by atoms with Crippen molar-refractivity contribution in [2.24, 2.45) is 5.92 Å². The van der Waals surface area contributed by atoms with Crippen molar-refractivity contribution in [3.05, 3.63) is 29.0 Å². The van der Waals surface area contributed by atoms with Gasteiger partial charge in [0.05, 0.1) is 10.5 Å². The van der Waals surface area contributed by atoms with E-state index in [0.717, 1.165) is 28.3 Å². The first kappa shape index (κ1) is 13.3. The Balaban J connectivity index is 2.19. The minimum atomic E-state index is 0.543. The molecule has 1 saturated carbocycles. The van der Waals surface area contributed by atoms with E-state index in [1.54, 1.807) is 0 Å². The summed E-state index contributed by atoms with van der Waals surface area (Å²) in [5.41, 5.74) is 2.08. The van der Waals surface area contributed by atoms with E-state index >= 15 is 0 Å². The molecule has 102 valence electrons. The minimum Gasteiger partial charge on any atom is -0.325 e. The smallest absolute Gasteiger partial charge is 0.111 e. The largest absolute Gasteiger partial charge is 0.325 e. The molecule has 2 atom stereocenters. The Morgan fingerprint density at radius 1 is 1.37 bits per heavy atom. The molecule has 0 radical (unpaired) electrons. The maximum Gasteiger partial charge on any atom is 0.111 e. The highest BCUT2D eigenvalue weighted by Crippen LogP contribution is 2.39. The van der Waals surface area contributed by atoms with Crippen LogP contribution in [0.2, 0.25) is 5.02 Å². The number of benzene rings is 1. The summed E-state index contributed by atoms with van der Waals surface area (Å²) in [5.74, 6) is 2.38. The number of hydrogen-bond donors (Lipinski definition) is 0. The predicted molar refractivity (Wildman–Crippen MR) is 81.2 cm³/mol. The van der Waals surface area contributed by atoms with Crippen LogP contribution >= 0.6 is 23.2 Å². The maximum absolute atomic E-state index is 6.28. The van der Waals surface area contributed by atoms with E-state index in [9.17, 15) is 0 Å². The molecule has 0 bridgehead atoms. The van der Waals surface area contributed by atoms with E-state index < -0.39 is 0 Å². The van der Waals surface area contributed by atoms with Gasteiger partial charge in [0.1, 0.15) is 11.3 Å². The molecule has 19 heavy (non-hydrogen) atoms. The highest BCUT2D eigenvalue weighted by atomic mass is 35.5. The lowest BCUT2D eigenvalue weighted by molar-refractivity contribution is 0.406. The number of hydrogen-bond acceptors (Lipinski definition) is 1. The quantitative estimate of drug-likeness (QED) is 0.742. The Kier molecular flexibility index (Phi) is 3.72. The summed E-state index contributed by atoms with van der Waals surface area (Å²) in [6, 6.07) is 6.58. The Morgan fingerprint density at radius 3 is 2.89 bits per heavy atom. The molecule has 4 heteroatoms. The topological polar surface area (TPSA) is 17.8 Å². The number of rotatable bonds is 3. The molecule has 2 unspecified atom stereocenters. The van der Waals surface area contributed by atoms with Crippen molar-refractivity contribution in [1.29, 1.82) is 0 Å². The molecule has 1 aliphatic carbocycles. The van der Waals surface area contributed by atoms with Crippen LogP contribution in [0.3, 0.4) is 0 Å². The lowest BCUT2D eigenvalue weighted by Gasteiger charge is -2.21. The number of aromatic nitrogens is 2. The van der Waals surface area contributed by atoms with Gasteiger partial charge in [-0.1, -0.05) is 31.0 Å². The van der Waals surface area contributed by atoms with Crippen LogP contribution in [0.5, 0.6) is 0 Å². The van der Waals surface area contributed by atoms with Crippen molar-refractivity contribution < 1.29 is 0 Å². The van der Waals surface area contributed by atoms with Gasteiger partial charge >= 0.3 is 0 Å². The molecular formula is C15H18Cl2N2. The van der Waals surface area contributed by atoms with Crippen LogP contribution in [0.4, 0.5) is 0 Å². The average molecular weight is 297 g/mol. The van der Waals surface area contributed by atoms with Crippen molar-refractivity contribution in [3.63, 3.8) is 0 Å². The Bertz CT molecular complexity index is 591. The van der Waals surface area contributed by atoms with Crippen LogP contribution in [0, 0.1) is 5.92 Å². The van der Waals surface area contributed by atoms with Gasteiger partial charge in [0.15, 0.2) is 0 Å². The molecule has 0 saturated heterocycles. The Hall–Kier alpha value is -0.730. The molecule has 1 fully saturated rings. The van der Waals surface area contributed by atoms with Gasteiger partial charge in [-0.25, -0.2) is 4.98 Å². The molecular weight excluding hydrogens is 279 g/mol. The first-order valence-corrected chi connectivity index (χ1v) is 7.85. The fourth-order valence-electron chi connectivity index (χ4n) is 3.27.